The number of hydrogen-bond acceptors (Lipinski definition) is 3. The van der Waals surface area contributed by atoms with Gasteiger partial charge in [0.05, 0.1) is 5.02 Å². The molecule has 0 bridgehead atoms. The summed E-state index contributed by atoms with van der Waals surface area (Å²) >= 11 is 6.19. The molecule has 1 aliphatic heterocycles. The smallest absolute Gasteiger partial charge is 0.161 e. The third kappa shape index (κ3) is 3.33. The molecule has 20 heavy (non-hydrogen) atoms. The number of piperazine rings is 1. The molecule has 1 fully saturated rings. The second-order valence-corrected chi connectivity index (χ2v) is 6.77. The maximum Gasteiger partial charge on any atom is 0.161 e. The van der Waals surface area contributed by atoms with Gasteiger partial charge in [0.2, 0.25) is 0 Å². The minimum absolute atomic E-state index is 0.0131. The molecule has 1 saturated heterocycles. The summed E-state index contributed by atoms with van der Waals surface area (Å²) in [6, 6.07) is 5.73. The molecular weight excluding hydrogens is 272 g/mol. The van der Waals surface area contributed by atoms with E-state index in [0.717, 1.165) is 31.9 Å². The molecule has 0 aromatic heterocycles. The highest BCUT2D eigenvalue weighted by molar-refractivity contribution is 6.34. The van der Waals surface area contributed by atoms with E-state index in [0.29, 0.717) is 10.6 Å². The first-order valence-corrected chi connectivity index (χ1v) is 7.47. The van der Waals surface area contributed by atoms with Crippen molar-refractivity contribution >= 4 is 23.1 Å². The molecule has 0 unspecified atom stereocenters. The minimum atomic E-state index is 0.0131. The molecule has 1 heterocycles. The van der Waals surface area contributed by atoms with Crippen LogP contribution in [0.5, 0.6) is 0 Å². The van der Waals surface area contributed by atoms with Gasteiger partial charge in [-0.1, -0.05) is 11.6 Å². The van der Waals surface area contributed by atoms with Crippen LogP contribution in [0, 0.1) is 0 Å². The number of carbonyl (C=O) groups is 1. The zero-order valence-corrected chi connectivity index (χ0v) is 13.5. The molecule has 0 aliphatic carbocycles. The van der Waals surface area contributed by atoms with Gasteiger partial charge in [0, 0.05) is 43.0 Å². The van der Waals surface area contributed by atoms with E-state index in [1.54, 1.807) is 6.92 Å². The summed E-state index contributed by atoms with van der Waals surface area (Å²) in [6.45, 7) is 12.4. The van der Waals surface area contributed by atoms with E-state index in [1.807, 2.05) is 18.2 Å². The van der Waals surface area contributed by atoms with Crippen molar-refractivity contribution < 1.29 is 4.79 Å². The van der Waals surface area contributed by atoms with Crippen molar-refractivity contribution in [2.75, 3.05) is 31.1 Å². The predicted molar refractivity (Wildman–Crippen MR) is 85.0 cm³/mol. The molecule has 3 nitrogen and oxygen atoms in total. The van der Waals surface area contributed by atoms with Crippen LogP contribution >= 0.6 is 11.6 Å². The van der Waals surface area contributed by atoms with Crippen LogP contribution in [0.3, 0.4) is 0 Å². The Morgan fingerprint density at radius 1 is 1.15 bits per heavy atom. The van der Waals surface area contributed by atoms with Crippen LogP contribution in [0.2, 0.25) is 5.02 Å². The van der Waals surface area contributed by atoms with Gasteiger partial charge in [-0.05, 0) is 45.9 Å². The van der Waals surface area contributed by atoms with Gasteiger partial charge < -0.3 is 4.90 Å². The van der Waals surface area contributed by atoms with Gasteiger partial charge in [-0.15, -0.1) is 0 Å². The number of halogens is 1. The van der Waals surface area contributed by atoms with Crippen LogP contribution in [-0.4, -0.2) is 42.4 Å². The van der Waals surface area contributed by atoms with Crippen molar-refractivity contribution in [1.82, 2.24) is 4.90 Å². The fourth-order valence-electron chi connectivity index (χ4n) is 2.62. The topological polar surface area (TPSA) is 23.6 Å². The zero-order valence-electron chi connectivity index (χ0n) is 12.7. The highest BCUT2D eigenvalue weighted by Gasteiger charge is 2.26. The van der Waals surface area contributed by atoms with Crippen LogP contribution < -0.4 is 4.90 Å². The fourth-order valence-corrected chi connectivity index (χ4v) is 2.93. The van der Waals surface area contributed by atoms with Crippen molar-refractivity contribution in [3.05, 3.63) is 28.8 Å². The Bertz CT molecular complexity index is 500. The minimum Gasteiger partial charge on any atom is -0.369 e. The SMILES string of the molecule is CC(=O)c1ccc(N2CCN(C(C)(C)C)CC2)cc1Cl. The lowest BCUT2D eigenvalue weighted by molar-refractivity contribution is 0.101. The molecule has 110 valence electrons. The Kier molecular flexibility index (Phi) is 4.40. The molecule has 0 atom stereocenters. The number of hydrogen-bond donors (Lipinski definition) is 0. The quantitative estimate of drug-likeness (QED) is 0.781. The number of Topliss-reactive ketones (excluding diaryl/α,β-unsaturated/α-hetero) is 1. The van der Waals surface area contributed by atoms with E-state index in [4.69, 9.17) is 11.6 Å². The Morgan fingerprint density at radius 2 is 1.75 bits per heavy atom. The van der Waals surface area contributed by atoms with E-state index in [2.05, 4.69) is 30.6 Å². The Labute approximate surface area is 126 Å². The van der Waals surface area contributed by atoms with E-state index in [9.17, 15) is 4.79 Å². The fraction of sp³-hybridized carbons (Fsp3) is 0.562. The van der Waals surface area contributed by atoms with Gasteiger partial charge in [-0.25, -0.2) is 0 Å². The van der Waals surface area contributed by atoms with Crippen LogP contribution in [0.25, 0.3) is 0 Å². The molecule has 0 saturated carbocycles. The average molecular weight is 295 g/mol. The molecule has 4 heteroatoms. The molecule has 0 N–H and O–H groups in total. The van der Waals surface area contributed by atoms with Crippen molar-refractivity contribution in [2.24, 2.45) is 0 Å². The highest BCUT2D eigenvalue weighted by Crippen LogP contribution is 2.26. The van der Waals surface area contributed by atoms with E-state index in [-0.39, 0.29) is 11.3 Å². The number of ketones is 1. The summed E-state index contributed by atoms with van der Waals surface area (Å²) in [7, 11) is 0. The number of rotatable bonds is 2. The van der Waals surface area contributed by atoms with Crippen LogP contribution in [0.15, 0.2) is 18.2 Å². The van der Waals surface area contributed by atoms with E-state index >= 15 is 0 Å². The standard InChI is InChI=1S/C16H23ClN2O/c1-12(20)14-6-5-13(11-15(14)17)18-7-9-19(10-8-18)16(2,3)4/h5-6,11H,7-10H2,1-4H3. The first-order valence-electron chi connectivity index (χ1n) is 7.09. The van der Waals surface area contributed by atoms with E-state index in [1.165, 1.54) is 0 Å². The lowest BCUT2D eigenvalue weighted by Crippen LogP contribution is -2.53. The summed E-state index contributed by atoms with van der Waals surface area (Å²) in [4.78, 5) is 16.2. The van der Waals surface area contributed by atoms with Crippen LogP contribution in [-0.2, 0) is 0 Å². The maximum atomic E-state index is 11.4. The normalized spacial score (nSPS) is 17.4. The lowest BCUT2D eigenvalue weighted by atomic mass is 10.0. The third-order valence-corrected chi connectivity index (χ3v) is 4.24. The van der Waals surface area contributed by atoms with Gasteiger partial charge in [-0.3, -0.25) is 9.69 Å². The number of carbonyl (C=O) groups excluding carboxylic acids is 1. The summed E-state index contributed by atoms with van der Waals surface area (Å²) < 4.78 is 0. The van der Waals surface area contributed by atoms with Crippen molar-refractivity contribution in [3.8, 4) is 0 Å². The molecule has 0 amide bonds. The molecule has 1 aliphatic rings. The summed E-state index contributed by atoms with van der Waals surface area (Å²) in [5.74, 6) is 0.0131. The van der Waals surface area contributed by atoms with Gasteiger partial charge in [0.1, 0.15) is 0 Å². The van der Waals surface area contributed by atoms with Crippen molar-refractivity contribution in [3.63, 3.8) is 0 Å². The van der Waals surface area contributed by atoms with E-state index < -0.39 is 0 Å². The van der Waals surface area contributed by atoms with Gasteiger partial charge >= 0.3 is 0 Å². The molecule has 2 rings (SSSR count). The highest BCUT2D eigenvalue weighted by atomic mass is 35.5. The van der Waals surface area contributed by atoms with Gasteiger partial charge in [0.15, 0.2) is 5.78 Å². The van der Waals surface area contributed by atoms with Crippen molar-refractivity contribution in [1.29, 1.82) is 0 Å². The number of nitrogens with zero attached hydrogens (tertiary/aromatic N) is 2. The maximum absolute atomic E-state index is 11.4. The Morgan fingerprint density at radius 3 is 2.20 bits per heavy atom. The second-order valence-electron chi connectivity index (χ2n) is 6.37. The summed E-state index contributed by atoms with van der Waals surface area (Å²) in [6.07, 6.45) is 0. The molecule has 0 radical (unpaired) electrons. The Balaban J connectivity index is 2.08. The summed E-state index contributed by atoms with van der Waals surface area (Å²) in [5, 5.41) is 0.549. The largest absolute Gasteiger partial charge is 0.369 e. The monoisotopic (exact) mass is 294 g/mol. The average Bonchev–Trinajstić information content (AvgIpc) is 2.37. The molecule has 1 aromatic rings. The van der Waals surface area contributed by atoms with Crippen LogP contribution in [0.1, 0.15) is 38.1 Å². The zero-order chi connectivity index (χ0) is 14.9. The molecule has 0 spiro atoms. The number of anilines is 1. The molecule has 1 aromatic carbocycles. The first kappa shape index (κ1) is 15.3. The van der Waals surface area contributed by atoms with Gasteiger partial charge in [-0.2, -0.15) is 0 Å². The molecular formula is C16H23ClN2O. The van der Waals surface area contributed by atoms with Crippen LogP contribution in [0.4, 0.5) is 5.69 Å². The first-order chi connectivity index (χ1) is 9.29. The predicted octanol–water partition coefficient (Wildman–Crippen LogP) is 3.46. The second kappa shape index (κ2) is 5.74. The number of benzene rings is 1. The Hall–Kier alpha value is -1.06. The third-order valence-electron chi connectivity index (χ3n) is 3.93. The van der Waals surface area contributed by atoms with Crippen molar-refractivity contribution in [2.45, 2.75) is 33.2 Å². The van der Waals surface area contributed by atoms with Gasteiger partial charge in [0.25, 0.3) is 0 Å². The lowest BCUT2D eigenvalue weighted by Gasteiger charge is -2.43. The summed E-state index contributed by atoms with van der Waals surface area (Å²) in [5.41, 5.74) is 1.93.